The molecular weight excluding hydrogens is 252 g/mol. The molecule has 4 heteroatoms. The van der Waals surface area contributed by atoms with Crippen LogP contribution in [0.5, 0.6) is 0 Å². The Morgan fingerprint density at radius 1 is 1.35 bits per heavy atom. The highest BCUT2D eigenvalue weighted by Crippen LogP contribution is 2.22. The van der Waals surface area contributed by atoms with Gasteiger partial charge in [-0.25, -0.2) is 0 Å². The topological polar surface area (TPSA) is 64.4 Å². The first-order valence-electron chi connectivity index (χ1n) is 7.17. The minimum absolute atomic E-state index is 0.0358. The predicted octanol–water partition coefficient (Wildman–Crippen LogP) is 1.99. The maximum absolute atomic E-state index is 12.4. The Bertz CT molecular complexity index is 493. The van der Waals surface area contributed by atoms with Gasteiger partial charge in [0.1, 0.15) is 0 Å². The van der Waals surface area contributed by atoms with Gasteiger partial charge in [0.25, 0.3) is 0 Å². The van der Waals surface area contributed by atoms with Gasteiger partial charge >= 0.3 is 0 Å². The number of benzene rings is 1. The number of carbonyl (C=O) groups is 1. The zero-order valence-corrected chi connectivity index (χ0v) is 12.5. The van der Waals surface area contributed by atoms with Crippen LogP contribution in [0, 0.1) is 13.8 Å². The van der Waals surface area contributed by atoms with Crippen LogP contribution in [0.1, 0.15) is 42.5 Å². The average Bonchev–Trinajstić information content (AvgIpc) is 2.39. The second kappa shape index (κ2) is 5.94. The molecule has 1 saturated heterocycles. The Morgan fingerprint density at radius 3 is 2.60 bits per heavy atom. The molecule has 2 rings (SSSR count). The second-order valence-electron chi connectivity index (χ2n) is 5.82. The van der Waals surface area contributed by atoms with E-state index in [0.717, 1.165) is 5.56 Å². The molecule has 1 amide bonds. The first-order valence-corrected chi connectivity index (χ1v) is 7.17. The van der Waals surface area contributed by atoms with Gasteiger partial charge in [0.05, 0.1) is 11.6 Å². The molecule has 0 aromatic heterocycles. The normalized spacial score (nSPS) is 19.4. The number of nitrogens with two attached hydrogens (primary N) is 1. The number of ether oxygens (including phenoxy) is 1. The lowest BCUT2D eigenvalue weighted by Gasteiger charge is -2.33. The van der Waals surface area contributed by atoms with Crippen LogP contribution in [0.2, 0.25) is 0 Å². The Balaban J connectivity index is 2.07. The fourth-order valence-corrected chi connectivity index (χ4v) is 2.69. The van der Waals surface area contributed by atoms with Gasteiger partial charge < -0.3 is 15.8 Å². The van der Waals surface area contributed by atoms with E-state index >= 15 is 0 Å². The van der Waals surface area contributed by atoms with E-state index in [9.17, 15) is 4.79 Å². The fourth-order valence-electron chi connectivity index (χ4n) is 2.69. The molecule has 1 unspecified atom stereocenters. The van der Waals surface area contributed by atoms with Gasteiger partial charge in [0, 0.05) is 13.2 Å². The van der Waals surface area contributed by atoms with E-state index in [0.29, 0.717) is 26.1 Å². The Kier molecular flexibility index (Phi) is 4.45. The van der Waals surface area contributed by atoms with Crippen LogP contribution in [-0.2, 0) is 9.53 Å². The minimum Gasteiger partial charge on any atom is -0.381 e. The number of hydrogen-bond acceptors (Lipinski definition) is 3. The van der Waals surface area contributed by atoms with Gasteiger partial charge in [0.2, 0.25) is 5.91 Å². The van der Waals surface area contributed by atoms with Gasteiger partial charge in [0.15, 0.2) is 0 Å². The van der Waals surface area contributed by atoms with Gasteiger partial charge in [-0.2, -0.15) is 0 Å². The first kappa shape index (κ1) is 15.0. The van der Waals surface area contributed by atoms with Gasteiger partial charge in [-0.1, -0.05) is 23.8 Å². The smallest absolute Gasteiger partial charge is 0.240 e. The molecule has 0 saturated carbocycles. The Labute approximate surface area is 120 Å². The van der Waals surface area contributed by atoms with Crippen molar-refractivity contribution in [2.24, 2.45) is 5.73 Å². The third-order valence-corrected chi connectivity index (χ3v) is 4.08. The summed E-state index contributed by atoms with van der Waals surface area (Å²) in [6.45, 7) is 7.25. The zero-order chi connectivity index (χ0) is 14.8. The van der Waals surface area contributed by atoms with E-state index in [1.165, 1.54) is 11.1 Å². The minimum atomic E-state index is -0.787. The lowest BCUT2D eigenvalue weighted by Crippen LogP contribution is -2.57. The van der Waals surface area contributed by atoms with Crippen LogP contribution in [0.15, 0.2) is 18.2 Å². The number of rotatable bonds is 3. The van der Waals surface area contributed by atoms with Crippen LogP contribution >= 0.6 is 0 Å². The Morgan fingerprint density at radius 2 is 2.00 bits per heavy atom. The van der Waals surface area contributed by atoms with E-state index in [1.54, 1.807) is 0 Å². The summed E-state index contributed by atoms with van der Waals surface area (Å²) >= 11 is 0. The van der Waals surface area contributed by atoms with Gasteiger partial charge in [-0.05, 0) is 44.7 Å². The molecule has 0 bridgehead atoms. The number of amides is 1. The number of nitrogens with one attached hydrogen (secondary N) is 1. The molecule has 0 radical (unpaired) electrons. The van der Waals surface area contributed by atoms with E-state index in [4.69, 9.17) is 10.5 Å². The summed E-state index contributed by atoms with van der Waals surface area (Å²) in [5.41, 5.74) is 8.97. The lowest BCUT2D eigenvalue weighted by molar-refractivity contribution is -0.130. The van der Waals surface area contributed by atoms with Crippen molar-refractivity contribution in [3.8, 4) is 0 Å². The molecule has 0 spiro atoms. The fraction of sp³-hybridized carbons (Fsp3) is 0.562. The molecule has 4 nitrogen and oxygen atoms in total. The van der Waals surface area contributed by atoms with Crippen LogP contribution < -0.4 is 11.1 Å². The summed E-state index contributed by atoms with van der Waals surface area (Å²) in [6.07, 6.45) is 1.16. The lowest BCUT2D eigenvalue weighted by atomic mass is 9.89. The van der Waals surface area contributed by atoms with Crippen molar-refractivity contribution in [3.05, 3.63) is 34.9 Å². The van der Waals surface area contributed by atoms with Gasteiger partial charge in [-0.3, -0.25) is 4.79 Å². The SMILES string of the molecule is Cc1ccc(C(C)NC(=O)C2(N)CCOCC2)c(C)c1. The molecule has 1 atom stereocenters. The number of hydrogen-bond donors (Lipinski definition) is 2. The van der Waals surface area contributed by atoms with Crippen LogP contribution in [0.3, 0.4) is 0 Å². The molecule has 0 aliphatic carbocycles. The molecule has 110 valence electrons. The summed E-state index contributed by atoms with van der Waals surface area (Å²) < 4.78 is 5.28. The van der Waals surface area contributed by atoms with Crippen molar-refractivity contribution in [1.29, 1.82) is 0 Å². The molecule has 1 aromatic rings. The highest BCUT2D eigenvalue weighted by Gasteiger charge is 2.36. The van der Waals surface area contributed by atoms with Crippen LogP contribution in [0.4, 0.5) is 0 Å². The average molecular weight is 276 g/mol. The first-order chi connectivity index (χ1) is 9.42. The summed E-state index contributed by atoms with van der Waals surface area (Å²) in [4.78, 5) is 12.4. The van der Waals surface area contributed by atoms with Crippen LogP contribution in [0.25, 0.3) is 0 Å². The standard InChI is InChI=1S/C16H24N2O2/c1-11-4-5-14(12(2)10-11)13(3)18-15(19)16(17)6-8-20-9-7-16/h4-5,10,13H,6-9,17H2,1-3H3,(H,18,19). The van der Waals surface area contributed by atoms with Crippen molar-refractivity contribution < 1.29 is 9.53 Å². The van der Waals surface area contributed by atoms with Crippen molar-refractivity contribution in [2.75, 3.05) is 13.2 Å². The van der Waals surface area contributed by atoms with Crippen molar-refractivity contribution >= 4 is 5.91 Å². The molecule has 1 fully saturated rings. The highest BCUT2D eigenvalue weighted by molar-refractivity contribution is 5.86. The van der Waals surface area contributed by atoms with Crippen LogP contribution in [-0.4, -0.2) is 24.7 Å². The summed E-state index contributed by atoms with van der Waals surface area (Å²) in [5, 5.41) is 3.05. The second-order valence-corrected chi connectivity index (χ2v) is 5.82. The molecule has 3 N–H and O–H groups in total. The number of carbonyl (C=O) groups excluding carboxylic acids is 1. The van der Waals surface area contributed by atoms with E-state index in [2.05, 4.69) is 37.4 Å². The summed E-state index contributed by atoms with van der Waals surface area (Å²) in [7, 11) is 0. The quantitative estimate of drug-likeness (QED) is 0.887. The maximum Gasteiger partial charge on any atom is 0.240 e. The third-order valence-electron chi connectivity index (χ3n) is 4.08. The number of aryl methyl sites for hydroxylation is 2. The van der Waals surface area contributed by atoms with Crippen molar-refractivity contribution in [3.63, 3.8) is 0 Å². The highest BCUT2D eigenvalue weighted by atomic mass is 16.5. The monoisotopic (exact) mass is 276 g/mol. The largest absolute Gasteiger partial charge is 0.381 e. The molecular formula is C16H24N2O2. The van der Waals surface area contributed by atoms with E-state index < -0.39 is 5.54 Å². The zero-order valence-electron chi connectivity index (χ0n) is 12.5. The van der Waals surface area contributed by atoms with Crippen molar-refractivity contribution in [1.82, 2.24) is 5.32 Å². The molecule has 1 heterocycles. The predicted molar refractivity (Wildman–Crippen MR) is 79.4 cm³/mol. The van der Waals surface area contributed by atoms with Gasteiger partial charge in [-0.15, -0.1) is 0 Å². The maximum atomic E-state index is 12.4. The van der Waals surface area contributed by atoms with E-state index in [1.807, 2.05) is 6.92 Å². The summed E-state index contributed by atoms with van der Waals surface area (Å²) in [6, 6.07) is 6.23. The Hall–Kier alpha value is -1.39. The van der Waals surface area contributed by atoms with E-state index in [-0.39, 0.29) is 11.9 Å². The summed E-state index contributed by atoms with van der Waals surface area (Å²) in [5.74, 6) is -0.0757. The third kappa shape index (κ3) is 3.19. The molecule has 1 aliphatic rings. The molecule has 20 heavy (non-hydrogen) atoms. The van der Waals surface area contributed by atoms with Crippen molar-refractivity contribution in [2.45, 2.75) is 45.2 Å². The molecule has 1 aliphatic heterocycles. The molecule has 1 aromatic carbocycles.